The first kappa shape index (κ1) is 17.3. The number of carbonyl (C=O) groups excluding carboxylic acids is 1. The van der Waals surface area contributed by atoms with Gasteiger partial charge in [-0.1, -0.05) is 12.1 Å². The van der Waals surface area contributed by atoms with Gasteiger partial charge in [-0.2, -0.15) is 0 Å². The van der Waals surface area contributed by atoms with Crippen molar-refractivity contribution in [2.75, 3.05) is 25.1 Å². The maximum atomic E-state index is 12.4. The summed E-state index contributed by atoms with van der Waals surface area (Å²) < 4.78 is 16.8. The molecule has 0 saturated carbocycles. The van der Waals surface area contributed by atoms with Crippen LogP contribution in [0.4, 0.5) is 5.69 Å². The van der Waals surface area contributed by atoms with E-state index in [-0.39, 0.29) is 12.0 Å². The van der Waals surface area contributed by atoms with Crippen molar-refractivity contribution in [2.24, 2.45) is 0 Å². The Hall–Kier alpha value is -2.53. The molecule has 0 bridgehead atoms. The number of nitrogens with one attached hydrogen (secondary N) is 1. The molecule has 1 heterocycles. The molecule has 1 saturated heterocycles. The quantitative estimate of drug-likeness (QED) is 0.830. The lowest BCUT2D eigenvalue weighted by Gasteiger charge is -2.13. The maximum Gasteiger partial charge on any atom is 0.255 e. The van der Waals surface area contributed by atoms with Crippen LogP contribution >= 0.6 is 0 Å². The summed E-state index contributed by atoms with van der Waals surface area (Å²) in [4.78, 5) is 12.4. The van der Waals surface area contributed by atoms with E-state index in [0.717, 1.165) is 25.2 Å². The Labute approximate surface area is 147 Å². The van der Waals surface area contributed by atoms with Crippen molar-refractivity contribution in [1.29, 1.82) is 0 Å². The molecule has 0 spiro atoms. The molecule has 0 aromatic heterocycles. The Morgan fingerprint density at radius 2 is 1.96 bits per heavy atom. The third kappa shape index (κ3) is 4.73. The minimum Gasteiger partial charge on any atom is -0.492 e. The first-order valence-electron chi connectivity index (χ1n) is 8.64. The zero-order valence-corrected chi connectivity index (χ0v) is 14.4. The molecule has 132 valence electrons. The van der Waals surface area contributed by atoms with Crippen LogP contribution in [0.25, 0.3) is 0 Å². The van der Waals surface area contributed by atoms with Gasteiger partial charge in [0.15, 0.2) is 0 Å². The van der Waals surface area contributed by atoms with E-state index in [1.807, 2.05) is 31.2 Å². The number of rotatable bonds is 7. The fraction of sp³-hybridized carbons (Fsp3) is 0.350. The van der Waals surface area contributed by atoms with E-state index in [0.29, 0.717) is 30.2 Å². The molecule has 1 fully saturated rings. The van der Waals surface area contributed by atoms with E-state index < -0.39 is 0 Å². The number of amides is 1. The summed E-state index contributed by atoms with van der Waals surface area (Å²) in [5.41, 5.74) is 1.23. The van der Waals surface area contributed by atoms with Crippen molar-refractivity contribution in [3.8, 4) is 11.5 Å². The summed E-state index contributed by atoms with van der Waals surface area (Å²) in [6.07, 6.45) is 2.31. The van der Waals surface area contributed by atoms with Gasteiger partial charge >= 0.3 is 0 Å². The fourth-order valence-corrected chi connectivity index (χ4v) is 2.71. The summed E-state index contributed by atoms with van der Waals surface area (Å²) in [5, 5.41) is 2.88. The molecule has 2 aromatic carbocycles. The monoisotopic (exact) mass is 341 g/mol. The summed E-state index contributed by atoms with van der Waals surface area (Å²) in [6, 6.07) is 14.5. The first-order chi connectivity index (χ1) is 12.3. The van der Waals surface area contributed by atoms with Crippen molar-refractivity contribution in [3.63, 3.8) is 0 Å². The van der Waals surface area contributed by atoms with Crippen LogP contribution in [0.2, 0.25) is 0 Å². The second-order valence-corrected chi connectivity index (χ2v) is 5.85. The van der Waals surface area contributed by atoms with Crippen molar-refractivity contribution in [1.82, 2.24) is 0 Å². The predicted molar refractivity (Wildman–Crippen MR) is 96.5 cm³/mol. The van der Waals surface area contributed by atoms with Crippen molar-refractivity contribution < 1.29 is 19.0 Å². The normalized spacial score (nSPS) is 16.4. The molecular formula is C20H23NO4. The van der Waals surface area contributed by atoms with E-state index in [1.54, 1.807) is 24.3 Å². The number of hydrogen-bond acceptors (Lipinski definition) is 4. The Morgan fingerprint density at radius 1 is 1.16 bits per heavy atom. The van der Waals surface area contributed by atoms with Crippen LogP contribution in [0, 0.1) is 0 Å². The van der Waals surface area contributed by atoms with Crippen LogP contribution in [-0.2, 0) is 4.74 Å². The fourth-order valence-electron chi connectivity index (χ4n) is 2.71. The first-order valence-corrected chi connectivity index (χ1v) is 8.64. The van der Waals surface area contributed by atoms with Crippen LogP contribution in [0.15, 0.2) is 48.5 Å². The molecule has 25 heavy (non-hydrogen) atoms. The van der Waals surface area contributed by atoms with Gasteiger partial charge in [-0.05, 0) is 56.2 Å². The third-order valence-electron chi connectivity index (χ3n) is 4.01. The SMILES string of the molecule is CCOc1ccccc1NC(=O)c1ccc(OCC2CCCO2)cc1. The van der Waals surface area contributed by atoms with Crippen LogP contribution in [-0.4, -0.2) is 31.8 Å². The highest BCUT2D eigenvalue weighted by molar-refractivity contribution is 6.05. The van der Waals surface area contributed by atoms with Gasteiger partial charge in [0.05, 0.1) is 18.4 Å². The largest absolute Gasteiger partial charge is 0.492 e. The Bertz CT molecular complexity index is 693. The molecule has 0 aliphatic carbocycles. The van der Waals surface area contributed by atoms with E-state index in [9.17, 15) is 4.79 Å². The van der Waals surface area contributed by atoms with Crippen molar-refractivity contribution in [3.05, 3.63) is 54.1 Å². The Morgan fingerprint density at radius 3 is 2.68 bits per heavy atom. The van der Waals surface area contributed by atoms with E-state index in [2.05, 4.69) is 5.32 Å². The smallest absolute Gasteiger partial charge is 0.255 e. The molecule has 1 atom stereocenters. The van der Waals surface area contributed by atoms with Crippen LogP contribution < -0.4 is 14.8 Å². The van der Waals surface area contributed by atoms with Crippen molar-refractivity contribution in [2.45, 2.75) is 25.9 Å². The van der Waals surface area contributed by atoms with Gasteiger partial charge in [0, 0.05) is 12.2 Å². The molecule has 3 rings (SSSR count). The van der Waals surface area contributed by atoms with E-state index >= 15 is 0 Å². The Balaban J connectivity index is 1.59. The molecule has 1 N–H and O–H groups in total. The zero-order chi connectivity index (χ0) is 17.5. The molecule has 0 radical (unpaired) electrons. The highest BCUT2D eigenvalue weighted by Crippen LogP contribution is 2.24. The highest BCUT2D eigenvalue weighted by Gasteiger charge is 2.16. The molecule has 2 aromatic rings. The summed E-state index contributed by atoms with van der Waals surface area (Å²) in [6.45, 7) is 3.82. The minimum atomic E-state index is -0.183. The molecule has 5 heteroatoms. The van der Waals surface area contributed by atoms with Crippen LogP contribution in [0.5, 0.6) is 11.5 Å². The predicted octanol–water partition coefficient (Wildman–Crippen LogP) is 3.90. The van der Waals surface area contributed by atoms with Crippen LogP contribution in [0.3, 0.4) is 0 Å². The molecule has 1 aliphatic rings. The zero-order valence-electron chi connectivity index (χ0n) is 14.4. The van der Waals surface area contributed by atoms with Gasteiger partial charge in [0.25, 0.3) is 5.91 Å². The number of benzene rings is 2. The lowest BCUT2D eigenvalue weighted by Crippen LogP contribution is -2.16. The van der Waals surface area contributed by atoms with Gasteiger partial charge in [0.1, 0.15) is 18.1 Å². The lowest BCUT2D eigenvalue weighted by molar-refractivity contribution is 0.0679. The standard InChI is InChI=1S/C20H23NO4/c1-2-23-19-8-4-3-7-18(19)21-20(22)15-9-11-16(12-10-15)25-14-17-6-5-13-24-17/h3-4,7-12,17H,2,5-6,13-14H2,1H3,(H,21,22). The second-order valence-electron chi connectivity index (χ2n) is 5.85. The number of anilines is 1. The number of ether oxygens (including phenoxy) is 3. The van der Waals surface area contributed by atoms with Gasteiger partial charge < -0.3 is 19.5 Å². The summed E-state index contributed by atoms with van der Waals surface area (Å²) in [5.74, 6) is 1.22. The van der Waals surface area contributed by atoms with Crippen LogP contribution in [0.1, 0.15) is 30.1 Å². The number of hydrogen-bond donors (Lipinski definition) is 1. The Kier molecular flexibility index (Phi) is 5.90. The van der Waals surface area contributed by atoms with E-state index in [4.69, 9.17) is 14.2 Å². The van der Waals surface area contributed by atoms with E-state index in [1.165, 1.54) is 0 Å². The molecule has 5 nitrogen and oxygen atoms in total. The molecular weight excluding hydrogens is 318 g/mol. The average Bonchev–Trinajstić information content (AvgIpc) is 3.16. The molecule has 1 aliphatic heterocycles. The summed E-state index contributed by atoms with van der Waals surface area (Å²) in [7, 11) is 0. The molecule has 1 amide bonds. The highest BCUT2D eigenvalue weighted by atomic mass is 16.5. The number of carbonyl (C=O) groups is 1. The average molecular weight is 341 g/mol. The summed E-state index contributed by atoms with van der Waals surface area (Å²) >= 11 is 0. The lowest BCUT2D eigenvalue weighted by atomic mass is 10.2. The van der Waals surface area contributed by atoms with Gasteiger partial charge in [-0.25, -0.2) is 0 Å². The van der Waals surface area contributed by atoms with Gasteiger partial charge in [-0.3, -0.25) is 4.79 Å². The maximum absolute atomic E-state index is 12.4. The van der Waals surface area contributed by atoms with Gasteiger partial charge in [0.2, 0.25) is 0 Å². The molecule has 1 unspecified atom stereocenters. The topological polar surface area (TPSA) is 56.8 Å². The third-order valence-corrected chi connectivity index (χ3v) is 4.01. The van der Waals surface area contributed by atoms with Gasteiger partial charge in [-0.15, -0.1) is 0 Å². The second kappa shape index (κ2) is 8.53. The van der Waals surface area contributed by atoms with Crippen molar-refractivity contribution >= 4 is 11.6 Å². The number of para-hydroxylation sites is 2. The minimum absolute atomic E-state index is 0.179.